The standard InChI is InChI=1S/C25H27FN2O/c26-25-12-8-22(9-13-25)19-29-20-28-16-14-27(15-17-28)18-21-6-10-24(11-7-21)23-4-2-1-3-5-23/h1-13H,14-20H2. The topological polar surface area (TPSA) is 15.7 Å². The first-order valence-electron chi connectivity index (χ1n) is 10.2. The Kier molecular flexibility index (Phi) is 6.67. The molecule has 1 aliphatic heterocycles. The Balaban J connectivity index is 1.19. The molecule has 0 atom stereocenters. The Morgan fingerprint density at radius 1 is 0.655 bits per heavy atom. The zero-order chi connectivity index (χ0) is 19.9. The minimum Gasteiger partial charge on any atom is -0.361 e. The van der Waals surface area contributed by atoms with Gasteiger partial charge in [-0.2, -0.15) is 0 Å². The molecule has 1 aliphatic rings. The van der Waals surface area contributed by atoms with Crippen molar-refractivity contribution in [2.24, 2.45) is 0 Å². The van der Waals surface area contributed by atoms with Crippen LogP contribution in [0.3, 0.4) is 0 Å². The van der Waals surface area contributed by atoms with Crippen LogP contribution in [-0.2, 0) is 17.9 Å². The summed E-state index contributed by atoms with van der Waals surface area (Å²) >= 11 is 0. The number of piperazine rings is 1. The molecule has 0 amide bonds. The zero-order valence-electron chi connectivity index (χ0n) is 16.6. The summed E-state index contributed by atoms with van der Waals surface area (Å²) in [6, 6.07) is 25.9. The van der Waals surface area contributed by atoms with Gasteiger partial charge in [0, 0.05) is 32.7 Å². The second-order valence-corrected chi connectivity index (χ2v) is 7.56. The van der Waals surface area contributed by atoms with Crippen LogP contribution < -0.4 is 0 Å². The van der Waals surface area contributed by atoms with E-state index in [4.69, 9.17) is 4.74 Å². The monoisotopic (exact) mass is 390 g/mol. The predicted octanol–water partition coefficient (Wildman–Crippen LogP) is 4.78. The maximum absolute atomic E-state index is 12.9. The zero-order valence-corrected chi connectivity index (χ0v) is 16.6. The molecule has 1 heterocycles. The summed E-state index contributed by atoms with van der Waals surface area (Å²) in [5.74, 6) is -0.209. The first-order valence-corrected chi connectivity index (χ1v) is 10.2. The normalized spacial score (nSPS) is 15.5. The molecule has 0 unspecified atom stereocenters. The largest absolute Gasteiger partial charge is 0.361 e. The Morgan fingerprint density at radius 2 is 1.24 bits per heavy atom. The summed E-state index contributed by atoms with van der Waals surface area (Å²) in [4.78, 5) is 4.83. The maximum Gasteiger partial charge on any atom is 0.123 e. The van der Waals surface area contributed by atoms with Crippen LogP contribution >= 0.6 is 0 Å². The highest BCUT2D eigenvalue weighted by Gasteiger charge is 2.17. The Morgan fingerprint density at radius 3 is 1.93 bits per heavy atom. The van der Waals surface area contributed by atoms with Crippen molar-refractivity contribution in [2.75, 3.05) is 32.9 Å². The SMILES string of the molecule is Fc1ccc(COCN2CCN(Cc3ccc(-c4ccccc4)cc3)CC2)cc1. The molecule has 0 aliphatic carbocycles. The van der Waals surface area contributed by atoms with E-state index in [0.717, 1.165) is 38.3 Å². The van der Waals surface area contributed by atoms with Crippen molar-refractivity contribution in [3.8, 4) is 11.1 Å². The molecule has 0 aromatic heterocycles. The van der Waals surface area contributed by atoms with Crippen LogP contribution in [0.25, 0.3) is 11.1 Å². The number of benzene rings is 3. The molecule has 3 aromatic carbocycles. The van der Waals surface area contributed by atoms with Gasteiger partial charge in [-0.05, 0) is 34.4 Å². The summed E-state index contributed by atoms with van der Waals surface area (Å²) in [7, 11) is 0. The molecule has 0 saturated carbocycles. The quantitative estimate of drug-likeness (QED) is 0.577. The number of rotatable bonds is 7. The fourth-order valence-corrected chi connectivity index (χ4v) is 3.64. The van der Waals surface area contributed by atoms with Crippen molar-refractivity contribution in [3.05, 3.63) is 95.8 Å². The molecule has 0 radical (unpaired) electrons. The van der Waals surface area contributed by atoms with Gasteiger partial charge in [0.05, 0.1) is 13.3 Å². The lowest BCUT2D eigenvalue weighted by Gasteiger charge is -2.34. The number of hydrogen-bond acceptors (Lipinski definition) is 3. The minimum absolute atomic E-state index is 0.209. The minimum atomic E-state index is -0.209. The summed E-state index contributed by atoms with van der Waals surface area (Å²) in [6.45, 7) is 6.22. The highest BCUT2D eigenvalue weighted by Crippen LogP contribution is 2.20. The van der Waals surface area contributed by atoms with Gasteiger partial charge in [0.15, 0.2) is 0 Å². The number of ether oxygens (including phenoxy) is 1. The molecule has 0 N–H and O–H groups in total. The molecule has 4 heteroatoms. The van der Waals surface area contributed by atoms with Gasteiger partial charge in [-0.1, -0.05) is 66.7 Å². The molecule has 0 spiro atoms. The van der Waals surface area contributed by atoms with Crippen molar-refractivity contribution in [1.82, 2.24) is 9.80 Å². The highest BCUT2D eigenvalue weighted by molar-refractivity contribution is 5.63. The van der Waals surface area contributed by atoms with Gasteiger partial charge < -0.3 is 4.74 Å². The summed E-state index contributed by atoms with van der Waals surface area (Å²) in [5.41, 5.74) is 4.88. The van der Waals surface area contributed by atoms with Crippen LogP contribution in [0.5, 0.6) is 0 Å². The summed E-state index contributed by atoms with van der Waals surface area (Å²) in [5, 5.41) is 0. The van der Waals surface area contributed by atoms with E-state index < -0.39 is 0 Å². The van der Waals surface area contributed by atoms with E-state index >= 15 is 0 Å². The molecular weight excluding hydrogens is 363 g/mol. The van der Waals surface area contributed by atoms with Gasteiger partial charge >= 0.3 is 0 Å². The average molecular weight is 391 g/mol. The van der Waals surface area contributed by atoms with Crippen molar-refractivity contribution in [3.63, 3.8) is 0 Å². The first-order chi connectivity index (χ1) is 14.3. The van der Waals surface area contributed by atoms with E-state index in [9.17, 15) is 4.39 Å². The Bertz CT molecular complexity index is 873. The van der Waals surface area contributed by atoms with Crippen LogP contribution in [0.15, 0.2) is 78.9 Å². The average Bonchev–Trinajstić information content (AvgIpc) is 2.77. The smallest absolute Gasteiger partial charge is 0.123 e. The fourth-order valence-electron chi connectivity index (χ4n) is 3.64. The van der Waals surface area contributed by atoms with Crippen LogP contribution in [0, 0.1) is 5.82 Å². The van der Waals surface area contributed by atoms with Crippen LogP contribution in [-0.4, -0.2) is 42.7 Å². The van der Waals surface area contributed by atoms with Crippen molar-refractivity contribution >= 4 is 0 Å². The van der Waals surface area contributed by atoms with Gasteiger partial charge in [-0.3, -0.25) is 9.80 Å². The molecule has 1 saturated heterocycles. The van der Waals surface area contributed by atoms with E-state index in [-0.39, 0.29) is 5.82 Å². The van der Waals surface area contributed by atoms with Gasteiger partial charge in [0.1, 0.15) is 5.82 Å². The maximum atomic E-state index is 12.9. The third-order valence-corrected chi connectivity index (χ3v) is 5.39. The summed E-state index contributed by atoms with van der Waals surface area (Å²) in [6.07, 6.45) is 0. The van der Waals surface area contributed by atoms with Crippen LogP contribution in [0.4, 0.5) is 4.39 Å². The first kappa shape index (κ1) is 19.8. The lowest BCUT2D eigenvalue weighted by Crippen LogP contribution is -2.46. The van der Waals surface area contributed by atoms with Crippen LogP contribution in [0.2, 0.25) is 0 Å². The van der Waals surface area contributed by atoms with Gasteiger partial charge in [-0.15, -0.1) is 0 Å². The molecule has 0 bridgehead atoms. The molecular formula is C25H27FN2O. The third kappa shape index (κ3) is 5.73. The third-order valence-electron chi connectivity index (χ3n) is 5.39. The van der Waals surface area contributed by atoms with Crippen molar-refractivity contribution in [1.29, 1.82) is 0 Å². The number of hydrogen-bond donors (Lipinski definition) is 0. The molecule has 1 fully saturated rings. The molecule has 150 valence electrons. The van der Waals surface area contributed by atoms with Gasteiger partial charge in [0.25, 0.3) is 0 Å². The number of nitrogens with zero attached hydrogens (tertiary/aromatic N) is 2. The Hall–Kier alpha value is -2.53. The second-order valence-electron chi connectivity index (χ2n) is 7.56. The van der Waals surface area contributed by atoms with E-state index in [1.165, 1.54) is 28.8 Å². The molecule has 29 heavy (non-hydrogen) atoms. The Labute approximate surface area is 172 Å². The highest BCUT2D eigenvalue weighted by atomic mass is 19.1. The second kappa shape index (κ2) is 9.79. The molecule has 4 rings (SSSR count). The molecule has 3 nitrogen and oxygen atoms in total. The van der Waals surface area contributed by atoms with Gasteiger partial charge in [-0.25, -0.2) is 4.39 Å². The van der Waals surface area contributed by atoms with Crippen molar-refractivity contribution < 1.29 is 9.13 Å². The van der Waals surface area contributed by atoms with E-state index in [1.54, 1.807) is 12.1 Å². The lowest BCUT2D eigenvalue weighted by atomic mass is 10.0. The van der Waals surface area contributed by atoms with E-state index in [2.05, 4.69) is 58.3 Å². The fraction of sp³-hybridized carbons (Fsp3) is 0.280. The van der Waals surface area contributed by atoms with Crippen molar-refractivity contribution in [2.45, 2.75) is 13.2 Å². The van der Waals surface area contributed by atoms with Gasteiger partial charge in [0.2, 0.25) is 0 Å². The predicted molar refractivity (Wildman–Crippen MR) is 115 cm³/mol. The van der Waals surface area contributed by atoms with E-state index in [0.29, 0.717) is 13.3 Å². The molecule has 3 aromatic rings. The number of halogens is 1. The van der Waals surface area contributed by atoms with Crippen LogP contribution in [0.1, 0.15) is 11.1 Å². The lowest BCUT2D eigenvalue weighted by molar-refractivity contribution is -0.00681. The van der Waals surface area contributed by atoms with E-state index in [1.807, 2.05) is 6.07 Å². The summed E-state index contributed by atoms with van der Waals surface area (Å²) < 4.78 is 18.7.